The molecule has 18 heavy (non-hydrogen) atoms. The zero-order valence-corrected chi connectivity index (χ0v) is 10.2. The lowest BCUT2D eigenvalue weighted by atomic mass is 10.1. The summed E-state index contributed by atoms with van der Waals surface area (Å²) in [6, 6.07) is 9.98. The fraction of sp³-hybridized carbons (Fsp3) is 0.231. The predicted octanol–water partition coefficient (Wildman–Crippen LogP) is 1.27. The maximum absolute atomic E-state index is 11.8. The lowest BCUT2D eigenvalue weighted by Crippen LogP contribution is -2.26. The van der Waals surface area contributed by atoms with Gasteiger partial charge in [-0.05, 0) is 18.9 Å². The summed E-state index contributed by atoms with van der Waals surface area (Å²) in [4.78, 5) is 11.8. The van der Waals surface area contributed by atoms with Gasteiger partial charge in [-0.1, -0.05) is 30.3 Å². The molecule has 4 N–H and O–H groups in total. The second-order valence-electron chi connectivity index (χ2n) is 4.10. The minimum Gasteiger partial charge on any atom is -0.395 e. The third-order valence-corrected chi connectivity index (χ3v) is 2.75. The molecule has 2 rings (SSSR count). The van der Waals surface area contributed by atoms with Gasteiger partial charge in [-0.2, -0.15) is 5.10 Å². The highest BCUT2D eigenvalue weighted by Crippen LogP contribution is 2.11. The Labute approximate surface area is 105 Å². The summed E-state index contributed by atoms with van der Waals surface area (Å²) >= 11 is 0. The number of amides is 1. The van der Waals surface area contributed by atoms with Gasteiger partial charge in [0.15, 0.2) is 5.69 Å². The molecule has 1 aromatic carbocycles. The van der Waals surface area contributed by atoms with E-state index in [2.05, 4.69) is 15.5 Å². The number of anilines is 1. The van der Waals surface area contributed by atoms with E-state index in [1.54, 1.807) is 6.92 Å². The number of carbonyl (C=O) groups is 1. The summed E-state index contributed by atoms with van der Waals surface area (Å²) in [5, 5.41) is 9.37. The first-order valence-corrected chi connectivity index (χ1v) is 5.81. The van der Waals surface area contributed by atoms with E-state index in [1.807, 2.05) is 30.3 Å². The van der Waals surface area contributed by atoms with Crippen LogP contribution in [0.4, 0.5) is 5.69 Å². The van der Waals surface area contributed by atoms with Crippen molar-refractivity contribution < 1.29 is 4.79 Å². The van der Waals surface area contributed by atoms with Crippen LogP contribution in [0.15, 0.2) is 30.3 Å². The van der Waals surface area contributed by atoms with Crippen LogP contribution in [-0.2, 0) is 6.42 Å². The molecule has 0 aliphatic heterocycles. The number of rotatable bonds is 4. The molecular weight excluding hydrogens is 228 g/mol. The Morgan fingerprint density at radius 3 is 2.72 bits per heavy atom. The van der Waals surface area contributed by atoms with E-state index < -0.39 is 0 Å². The van der Waals surface area contributed by atoms with E-state index in [4.69, 9.17) is 5.73 Å². The van der Waals surface area contributed by atoms with Crippen LogP contribution >= 0.6 is 0 Å². The zero-order valence-electron chi connectivity index (χ0n) is 10.2. The molecule has 0 radical (unpaired) electrons. The molecular formula is C13H16N4O. The molecule has 1 amide bonds. The average Bonchev–Trinajstić information content (AvgIpc) is 2.71. The number of nitrogens with one attached hydrogen (secondary N) is 2. The smallest absolute Gasteiger partial charge is 0.273 e. The van der Waals surface area contributed by atoms with Crippen LogP contribution in [0, 0.1) is 6.92 Å². The van der Waals surface area contributed by atoms with Crippen LogP contribution in [0.2, 0.25) is 0 Å². The molecule has 0 aliphatic rings. The van der Waals surface area contributed by atoms with Crippen molar-refractivity contribution in [1.29, 1.82) is 0 Å². The molecule has 0 atom stereocenters. The third-order valence-electron chi connectivity index (χ3n) is 2.75. The highest BCUT2D eigenvalue weighted by Gasteiger charge is 2.14. The number of H-pyrrole nitrogens is 1. The second-order valence-corrected chi connectivity index (χ2v) is 4.10. The topological polar surface area (TPSA) is 83.8 Å². The van der Waals surface area contributed by atoms with E-state index >= 15 is 0 Å². The molecule has 0 spiro atoms. The number of carbonyl (C=O) groups excluding carboxylic acids is 1. The number of hydrogen-bond acceptors (Lipinski definition) is 3. The number of aromatic nitrogens is 2. The Morgan fingerprint density at radius 1 is 1.39 bits per heavy atom. The van der Waals surface area contributed by atoms with Gasteiger partial charge in [0.2, 0.25) is 0 Å². The van der Waals surface area contributed by atoms with Crippen LogP contribution in [-0.4, -0.2) is 22.6 Å². The van der Waals surface area contributed by atoms with Gasteiger partial charge in [0.05, 0.1) is 11.4 Å². The average molecular weight is 244 g/mol. The largest absolute Gasteiger partial charge is 0.395 e. The van der Waals surface area contributed by atoms with E-state index in [1.165, 1.54) is 5.56 Å². The van der Waals surface area contributed by atoms with Crippen LogP contribution in [0.25, 0.3) is 0 Å². The molecule has 0 unspecified atom stereocenters. The van der Waals surface area contributed by atoms with Crippen molar-refractivity contribution in [3.05, 3.63) is 47.3 Å². The summed E-state index contributed by atoms with van der Waals surface area (Å²) in [5.74, 6) is -0.243. The maximum atomic E-state index is 11.8. The fourth-order valence-electron chi connectivity index (χ4n) is 1.66. The van der Waals surface area contributed by atoms with Gasteiger partial charge in [0, 0.05) is 6.54 Å². The molecule has 2 aromatic rings. The summed E-state index contributed by atoms with van der Waals surface area (Å²) in [5.41, 5.74) is 8.30. The molecule has 94 valence electrons. The van der Waals surface area contributed by atoms with E-state index in [9.17, 15) is 4.79 Å². The van der Waals surface area contributed by atoms with Gasteiger partial charge >= 0.3 is 0 Å². The molecule has 1 heterocycles. The molecule has 5 heteroatoms. The first-order chi connectivity index (χ1) is 8.68. The van der Waals surface area contributed by atoms with Gasteiger partial charge in [-0.15, -0.1) is 0 Å². The second kappa shape index (κ2) is 5.35. The van der Waals surface area contributed by atoms with E-state index in [0.717, 1.165) is 6.42 Å². The Balaban J connectivity index is 1.88. The molecule has 0 saturated carbocycles. The summed E-state index contributed by atoms with van der Waals surface area (Å²) < 4.78 is 0. The Hall–Kier alpha value is -2.30. The van der Waals surface area contributed by atoms with Gasteiger partial charge < -0.3 is 11.1 Å². The lowest BCUT2D eigenvalue weighted by molar-refractivity contribution is 0.0950. The summed E-state index contributed by atoms with van der Waals surface area (Å²) in [6.45, 7) is 2.34. The molecule has 5 nitrogen and oxygen atoms in total. The van der Waals surface area contributed by atoms with Gasteiger partial charge in [0.1, 0.15) is 0 Å². The van der Waals surface area contributed by atoms with Crippen molar-refractivity contribution in [2.24, 2.45) is 0 Å². The standard InChI is InChI=1S/C13H16N4O/c1-9-11(14)12(17-16-9)13(18)15-8-7-10-5-3-2-4-6-10/h2-6H,7-8,14H2,1H3,(H,15,18)(H,16,17). The van der Waals surface area contributed by atoms with Crippen molar-refractivity contribution in [3.8, 4) is 0 Å². The van der Waals surface area contributed by atoms with Crippen molar-refractivity contribution in [3.63, 3.8) is 0 Å². The molecule has 1 aromatic heterocycles. The number of aromatic amines is 1. The highest BCUT2D eigenvalue weighted by atomic mass is 16.1. The van der Waals surface area contributed by atoms with Crippen molar-refractivity contribution in [2.45, 2.75) is 13.3 Å². The van der Waals surface area contributed by atoms with Crippen LogP contribution in [0.3, 0.4) is 0 Å². The number of nitrogens with zero attached hydrogens (tertiary/aromatic N) is 1. The first-order valence-electron chi connectivity index (χ1n) is 5.81. The SMILES string of the molecule is Cc1[nH]nc(C(=O)NCCc2ccccc2)c1N. The number of benzene rings is 1. The van der Waals surface area contributed by atoms with E-state index in [-0.39, 0.29) is 11.6 Å². The molecule has 0 bridgehead atoms. The summed E-state index contributed by atoms with van der Waals surface area (Å²) in [6.07, 6.45) is 0.788. The van der Waals surface area contributed by atoms with Crippen LogP contribution in [0.5, 0.6) is 0 Å². The maximum Gasteiger partial charge on any atom is 0.273 e. The quantitative estimate of drug-likeness (QED) is 0.757. The number of nitrogens with two attached hydrogens (primary N) is 1. The molecule has 0 aliphatic carbocycles. The van der Waals surface area contributed by atoms with Crippen molar-refractivity contribution >= 4 is 11.6 Å². The Bertz CT molecular complexity index is 533. The monoisotopic (exact) mass is 244 g/mol. The van der Waals surface area contributed by atoms with Gasteiger partial charge in [-0.25, -0.2) is 0 Å². The molecule has 0 fully saturated rings. The Kier molecular flexibility index (Phi) is 3.62. The minimum absolute atomic E-state index is 0.243. The highest BCUT2D eigenvalue weighted by molar-refractivity contribution is 5.97. The van der Waals surface area contributed by atoms with Crippen molar-refractivity contribution in [2.75, 3.05) is 12.3 Å². The minimum atomic E-state index is -0.243. The third kappa shape index (κ3) is 2.68. The Morgan fingerprint density at radius 2 is 2.11 bits per heavy atom. The summed E-state index contributed by atoms with van der Waals surface area (Å²) in [7, 11) is 0. The van der Waals surface area contributed by atoms with Gasteiger partial charge in [-0.3, -0.25) is 9.89 Å². The number of aryl methyl sites for hydroxylation is 1. The first kappa shape index (κ1) is 12.2. The van der Waals surface area contributed by atoms with Crippen LogP contribution in [0.1, 0.15) is 21.7 Å². The van der Waals surface area contributed by atoms with Crippen molar-refractivity contribution in [1.82, 2.24) is 15.5 Å². The van der Waals surface area contributed by atoms with Gasteiger partial charge in [0.25, 0.3) is 5.91 Å². The lowest BCUT2D eigenvalue weighted by Gasteiger charge is -2.04. The van der Waals surface area contributed by atoms with Crippen LogP contribution < -0.4 is 11.1 Å². The normalized spacial score (nSPS) is 10.3. The molecule has 0 saturated heterocycles. The predicted molar refractivity (Wildman–Crippen MR) is 70.2 cm³/mol. The number of hydrogen-bond donors (Lipinski definition) is 3. The fourth-order valence-corrected chi connectivity index (χ4v) is 1.66. The zero-order chi connectivity index (χ0) is 13.0. The number of nitrogen functional groups attached to an aromatic ring is 1. The van der Waals surface area contributed by atoms with E-state index in [0.29, 0.717) is 17.9 Å².